The van der Waals surface area contributed by atoms with Crippen LogP contribution in [-0.4, -0.2) is 11.0 Å². The van der Waals surface area contributed by atoms with Gasteiger partial charge in [-0.15, -0.1) is 0 Å². The molecule has 0 saturated heterocycles. The molecule has 1 heterocycles. The lowest BCUT2D eigenvalue weighted by molar-refractivity contribution is 0.429. The van der Waals surface area contributed by atoms with Crippen LogP contribution in [0, 0.1) is 12.8 Å². The molecule has 2 heteroatoms. The van der Waals surface area contributed by atoms with E-state index >= 15 is 0 Å². The fraction of sp³-hybridized carbons (Fsp3) is 0.643. The third-order valence-corrected chi connectivity index (χ3v) is 3.33. The Kier molecular flexibility index (Phi) is 3.94. The third kappa shape index (κ3) is 3.31. The van der Waals surface area contributed by atoms with E-state index in [1.54, 1.807) is 0 Å². The van der Waals surface area contributed by atoms with E-state index in [1.165, 1.54) is 31.2 Å². The standard InChI is InChI=1S/C14H22N2/c1-3-4-14(13-7-8-13)16-10-12-6-5-11(2)15-9-12/h5-6,9,13-14,16H,3-4,7-8,10H2,1-2H3. The van der Waals surface area contributed by atoms with Crippen molar-refractivity contribution in [1.29, 1.82) is 0 Å². The number of hydrogen-bond donors (Lipinski definition) is 1. The van der Waals surface area contributed by atoms with Crippen molar-refractivity contribution in [2.75, 3.05) is 0 Å². The average molecular weight is 218 g/mol. The van der Waals surface area contributed by atoms with Gasteiger partial charge in [-0.3, -0.25) is 4.98 Å². The lowest BCUT2D eigenvalue weighted by Crippen LogP contribution is -2.30. The Morgan fingerprint density at radius 1 is 1.44 bits per heavy atom. The van der Waals surface area contributed by atoms with Gasteiger partial charge in [0.25, 0.3) is 0 Å². The van der Waals surface area contributed by atoms with Crippen LogP contribution in [0.15, 0.2) is 18.3 Å². The van der Waals surface area contributed by atoms with E-state index in [-0.39, 0.29) is 0 Å². The van der Waals surface area contributed by atoms with E-state index in [0.717, 1.165) is 24.2 Å². The Morgan fingerprint density at radius 3 is 2.81 bits per heavy atom. The van der Waals surface area contributed by atoms with Gasteiger partial charge in [0, 0.05) is 24.5 Å². The van der Waals surface area contributed by atoms with E-state index in [2.05, 4.69) is 29.4 Å². The first kappa shape index (κ1) is 11.6. The topological polar surface area (TPSA) is 24.9 Å². The zero-order valence-corrected chi connectivity index (χ0v) is 10.4. The second-order valence-corrected chi connectivity index (χ2v) is 4.92. The van der Waals surface area contributed by atoms with Crippen molar-refractivity contribution in [3.63, 3.8) is 0 Å². The summed E-state index contributed by atoms with van der Waals surface area (Å²) in [6.07, 6.45) is 7.41. The van der Waals surface area contributed by atoms with Gasteiger partial charge in [0.05, 0.1) is 0 Å². The summed E-state index contributed by atoms with van der Waals surface area (Å²) in [4.78, 5) is 4.32. The summed E-state index contributed by atoms with van der Waals surface area (Å²) < 4.78 is 0. The summed E-state index contributed by atoms with van der Waals surface area (Å²) in [5.74, 6) is 0.943. The van der Waals surface area contributed by atoms with Crippen LogP contribution in [0.1, 0.15) is 43.9 Å². The van der Waals surface area contributed by atoms with E-state index in [0.29, 0.717) is 0 Å². The molecule has 0 spiro atoms. The van der Waals surface area contributed by atoms with Gasteiger partial charge in [0.2, 0.25) is 0 Å². The summed E-state index contributed by atoms with van der Waals surface area (Å²) in [7, 11) is 0. The molecule has 1 atom stereocenters. The Bertz CT molecular complexity index is 314. The molecule has 0 bridgehead atoms. The summed E-state index contributed by atoms with van der Waals surface area (Å²) in [6.45, 7) is 5.26. The van der Waals surface area contributed by atoms with Crippen molar-refractivity contribution in [1.82, 2.24) is 10.3 Å². The molecule has 0 radical (unpaired) electrons. The number of nitrogens with one attached hydrogen (secondary N) is 1. The fourth-order valence-corrected chi connectivity index (χ4v) is 2.17. The predicted octanol–water partition coefficient (Wildman–Crippen LogP) is 3.06. The van der Waals surface area contributed by atoms with Gasteiger partial charge in [-0.1, -0.05) is 19.4 Å². The summed E-state index contributed by atoms with van der Waals surface area (Å²) in [6, 6.07) is 4.99. The first-order valence-electron chi connectivity index (χ1n) is 6.44. The molecule has 1 fully saturated rings. The molecule has 1 aromatic heterocycles. The maximum atomic E-state index is 4.32. The van der Waals surface area contributed by atoms with Crippen LogP contribution in [-0.2, 0) is 6.54 Å². The molecule has 1 aromatic rings. The Balaban J connectivity index is 1.82. The van der Waals surface area contributed by atoms with Crippen molar-refractivity contribution in [2.24, 2.45) is 5.92 Å². The Labute approximate surface area is 98.5 Å². The predicted molar refractivity (Wildman–Crippen MR) is 67.2 cm³/mol. The minimum Gasteiger partial charge on any atom is -0.310 e. The highest BCUT2D eigenvalue weighted by Crippen LogP contribution is 2.34. The maximum absolute atomic E-state index is 4.32. The number of nitrogens with zero attached hydrogens (tertiary/aromatic N) is 1. The summed E-state index contributed by atoms with van der Waals surface area (Å²) in [5, 5.41) is 3.68. The molecule has 0 aromatic carbocycles. The smallest absolute Gasteiger partial charge is 0.0372 e. The molecule has 1 aliphatic carbocycles. The van der Waals surface area contributed by atoms with Crippen molar-refractivity contribution >= 4 is 0 Å². The van der Waals surface area contributed by atoms with Crippen molar-refractivity contribution < 1.29 is 0 Å². The van der Waals surface area contributed by atoms with Gasteiger partial charge in [0.1, 0.15) is 0 Å². The van der Waals surface area contributed by atoms with Crippen LogP contribution in [0.5, 0.6) is 0 Å². The minimum atomic E-state index is 0.728. The van der Waals surface area contributed by atoms with Crippen LogP contribution in [0.25, 0.3) is 0 Å². The first-order valence-corrected chi connectivity index (χ1v) is 6.44. The zero-order chi connectivity index (χ0) is 11.4. The number of pyridine rings is 1. The van der Waals surface area contributed by atoms with Crippen LogP contribution >= 0.6 is 0 Å². The number of aromatic nitrogens is 1. The van der Waals surface area contributed by atoms with Crippen LogP contribution in [0.4, 0.5) is 0 Å². The van der Waals surface area contributed by atoms with Crippen LogP contribution < -0.4 is 5.32 Å². The van der Waals surface area contributed by atoms with Crippen molar-refractivity contribution in [2.45, 2.75) is 52.1 Å². The first-order chi connectivity index (χ1) is 7.79. The molecule has 1 N–H and O–H groups in total. The second kappa shape index (κ2) is 5.44. The molecular weight excluding hydrogens is 196 g/mol. The summed E-state index contributed by atoms with van der Waals surface area (Å²) in [5.41, 5.74) is 2.39. The molecule has 0 amide bonds. The SMILES string of the molecule is CCCC(NCc1ccc(C)nc1)C1CC1. The molecule has 88 valence electrons. The Hall–Kier alpha value is -0.890. The van der Waals surface area contributed by atoms with E-state index < -0.39 is 0 Å². The molecule has 2 nitrogen and oxygen atoms in total. The normalized spacial score (nSPS) is 17.4. The number of hydrogen-bond acceptors (Lipinski definition) is 2. The van der Waals surface area contributed by atoms with Crippen LogP contribution in [0.2, 0.25) is 0 Å². The molecular formula is C14H22N2. The Morgan fingerprint density at radius 2 is 2.25 bits per heavy atom. The number of aryl methyl sites for hydroxylation is 1. The molecule has 1 saturated carbocycles. The second-order valence-electron chi connectivity index (χ2n) is 4.92. The zero-order valence-electron chi connectivity index (χ0n) is 10.4. The van der Waals surface area contributed by atoms with Crippen molar-refractivity contribution in [3.8, 4) is 0 Å². The molecule has 0 aliphatic heterocycles. The third-order valence-electron chi connectivity index (χ3n) is 3.33. The highest BCUT2D eigenvalue weighted by Gasteiger charge is 2.29. The number of rotatable bonds is 6. The van der Waals surface area contributed by atoms with Gasteiger partial charge in [0.15, 0.2) is 0 Å². The highest BCUT2D eigenvalue weighted by atomic mass is 14.9. The minimum absolute atomic E-state index is 0.728. The lowest BCUT2D eigenvalue weighted by atomic mass is 10.1. The van der Waals surface area contributed by atoms with Gasteiger partial charge >= 0.3 is 0 Å². The molecule has 16 heavy (non-hydrogen) atoms. The maximum Gasteiger partial charge on any atom is 0.0372 e. The molecule has 1 aliphatic rings. The van der Waals surface area contributed by atoms with Crippen LogP contribution in [0.3, 0.4) is 0 Å². The van der Waals surface area contributed by atoms with Gasteiger partial charge in [-0.05, 0) is 43.7 Å². The quantitative estimate of drug-likeness (QED) is 0.793. The van der Waals surface area contributed by atoms with Crippen molar-refractivity contribution in [3.05, 3.63) is 29.6 Å². The van der Waals surface area contributed by atoms with E-state index in [1.807, 2.05) is 13.1 Å². The van der Waals surface area contributed by atoms with Gasteiger partial charge in [-0.2, -0.15) is 0 Å². The molecule has 1 unspecified atom stereocenters. The largest absolute Gasteiger partial charge is 0.310 e. The fourth-order valence-electron chi connectivity index (χ4n) is 2.17. The highest BCUT2D eigenvalue weighted by molar-refractivity contribution is 5.13. The van der Waals surface area contributed by atoms with E-state index in [4.69, 9.17) is 0 Å². The van der Waals surface area contributed by atoms with Gasteiger partial charge in [-0.25, -0.2) is 0 Å². The van der Waals surface area contributed by atoms with Gasteiger partial charge < -0.3 is 5.32 Å². The van der Waals surface area contributed by atoms with E-state index in [9.17, 15) is 0 Å². The average Bonchev–Trinajstić information content (AvgIpc) is 3.10. The molecule has 2 rings (SSSR count). The summed E-state index contributed by atoms with van der Waals surface area (Å²) >= 11 is 0. The monoisotopic (exact) mass is 218 g/mol. The lowest BCUT2D eigenvalue weighted by Gasteiger charge is -2.17.